The monoisotopic (exact) mass is 345 g/mol. The fourth-order valence-corrected chi connectivity index (χ4v) is 2.91. The van der Waals surface area contributed by atoms with Gasteiger partial charge < -0.3 is 10.2 Å². The van der Waals surface area contributed by atoms with Crippen LogP contribution < -0.4 is 4.31 Å². The van der Waals surface area contributed by atoms with E-state index in [9.17, 15) is 18.3 Å². The molecule has 0 unspecified atom stereocenters. The summed E-state index contributed by atoms with van der Waals surface area (Å²) in [5, 5.41) is 19.0. The zero-order chi connectivity index (χ0) is 17.3. The molecule has 0 bridgehead atoms. The van der Waals surface area contributed by atoms with Gasteiger partial charge >= 0.3 is 5.97 Å². The van der Waals surface area contributed by atoms with Gasteiger partial charge in [-0.3, -0.25) is 4.98 Å². The molecule has 0 saturated carbocycles. The van der Waals surface area contributed by atoms with Gasteiger partial charge in [-0.05, 0) is 36.4 Å². The van der Waals surface area contributed by atoms with Crippen LogP contribution in [0.1, 0.15) is 10.4 Å². The van der Waals surface area contributed by atoms with Crippen LogP contribution in [0.15, 0.2) is 48.8 Å². The first-order valence-electron chi connectivity index (χ1n) is 6.69. The van der Waals surface area contributed by atoms with E-state index in [2.05, 4.69) is 9.97 Å². The molecule has 0 aliphatic carbocycles. The van der Waals surface area contributed by atoms with Crippen LogP contribution in [0.4, 0.5) is 11.4 Å². The molecule has 9 heteroatoms. The molecule has 0 aliphatic heterocycles. The second kappa shape index (κ2) is 6.13. The van der Waals surface area contributed by atoms with Crippen LogP contribution in [-0.2, 0) is 10.9 Å². The van der Waals surface area contributed by atoms with Crippen LogP contribution in [-0.4, -0.2) is 34.6 Å². The molecule has 2 heterocycles. The van der Waals surface area contributed by atoms with E-state index in [1.807, 2.05) is 0 Å². The minimum absolute atomic E-state index is 0.0339. The number of anilines is 2. The van der Waals surface area contributed by atoms with Gasteiger partial charge in [-0.25, -0.2) is 22.5 Å². The topological polar surface area (TPSA) is 121 Å². The molecule has 0 saturated heterocycles. The maximum Gasteiger partial charge on any atom is 0.335 e. The largest absolute Gasteiger partial charge is 0.493 e. The number of hydrogen-bond acceptors (Lipinski definition) is 6. The van der Waals surface area contributed by atoms with Crippen molar-refractivity contribution in [3.05, 3.63) is 54.4 Å². The number of hydrogen-bond donors (Lipinski definition) is 3. The first-order chi connectivity index (χ1) is 11.5. The second-order valence-electron chi connectivity index (χ2n) is 4.77. The number of pyridine rings is 2. The second-order valence-corrected chi connectivity index (χ2v) is 5.64. The van der Waals surface area contributed by atoms with E-state index >= 15 is 0 Å². The number of carboxylic acid groups (broad SMARTS) is 1. The summed E-state index contributed by atoms with van der Waals surface area (Å²) in [6, 6.07) is 8.50. The van der Waals surface area contributed by atoms with Gasteiger partial charge in [0.1, 0.15) is 11.2 Å². The third-order valence-electron chi connectivity index (χ3n) is 3.35. The van der Waals surface area contributed by atoms with E-state index in [0.717, 1.165) is 4.31 Å². The molecule has 2 aromatic heterocycles. The maximum atomic E-state index is 11.8. The molecule has 2 N–H and O–H groups in total. The van der Waals surface area contributed by atoms with Crippen LogP contribution >= 0.6 is 0 Å². The summed E-state index contributed by atoms with van der Waals surface area (Å²) < 4.78 is 24.5. The third-order valence-corrected chi connectivity index (χ3v) is 4.12. The van der Waals surface area contributed by atoms with Gasteiger partial charge in [0, 0.05) is 6.20 Å². The van der Waals surface area contributed by atoms with E-state index in [4.69, 9.17) is 5.11 Å². The number of aromatic hydroxyl groups is 1. The van der Waals surface area contributed by atoms with Crippen LogP contribution in [0, 0.1) is 0 Å². The lowest BCUT2D eigenvalue weighted by molar-refractivity contribution is 0.0697. The Kier molecular flexibility index (Phi) is 4.00. The van der Waals surface area contributed by atoms with Gasteiger partial charge in [0.2, 0.25) is 16.8 Å². The van der Waals surface area contributed by atoms with Crippen molar-refractivity contribution < 1.29 is 23.4 Å². The molecule has 3 rings (SSSR count). The summed E-state index contributed by atoms with van der Waals surface area (Å²) in [5.74, 6) is -1.37. The van der Waals surface area contributed by atoms with Crippen molar-refractivity contribution in [1.29, 1.82) is 0 Å². The number of aromatic nitrogens is 2. The number of benzene rings is 1. The minimum atomic E-state index is -3.10. The Morgan fingerprint density at radius 3 is 2.42 bits per heavy atom. The van der Waals surface area contributed by atoms with Gasteiger partial charge in [-0.1, -0.05) is 0 Å². The number of thiol groups is 1. The Hall–Kier alpha value is -3.20. The molecule has 0 fully saturated rings. The fourth-order valence-electron chi connectivity index (χ4n) is 2.26. The van der Waals surface area contributed by atoms with E-state index in [1.165, 1.54) is 36.7 Å². The highest BCUT2D eigenvalue weighted by atomic mass is 32.2. The van der Waals surface area contributed by atoms with Crippen LogP contribution in [0.5, 0.6) is 5.88 Å². The molecule has 0 amide bonds. The number of carbonyl (C=O) groups is 1. The standard InChI is InChI=1S/C15H11N3O5S/c19-14-11-2-1-7-16-13(11)12(8-17-14)18(24(22)23)10-5-3-9(4-6-10)15(20)21/h1-8,24H,(H,17,19)(H,20,21). The lowest BCUT2D eigenvalue weighted by atomic mass is 10.2. The Morgan fingerprint density at radius 1 is 1.08 bits per heavy atom. The quantitative estimate of drug-likeness (QED) is 0.615. The molecule has 24 heavy (non-hydrogen) atoms. The molecule has 1 aromatic carbocycles. The molecule has 0 atom stereocenters. The van der Waals surface area contributed by atoms with Gasteiger partial charge in [0.25, 0.3) is 0 Å². The molecular formula is C15H11N3O5S. The summed E-state index contributed by atoms with van der Waals surface area (Å²) in [6.07, 6.45) is 2.66. The van der Waals surface area contributed by atoms with E-state index in [0.29, 0.717) is 5.39 Å². The average Bonchev–Trinajstić information content (AvgIpc) is 2.57. The number of carboxylic acids is 1. The summed E-state index contributed by atoms with van der Waals surface area (Å²) in [4.78, 5) is 18.8. The first-order valence-corrected chi connectivity index (χ1v) is 7.82. The number of aromatic carboxylic acids is 1. The number of fused-ring (bicyclic) bond motifs is 1. The Balaban J connectivity index is 2.20. The predicted octanol–water partition coefficient (Wildman–Crippen LogP) is 1.70. The average molecular weight is 345 g/mol. The highest BCUT2D eigenvalue weighted by Gasteiger charge is 2.18. The summed E-state index contributed by atoms with van der Waals surface area (Å²) in [5.41, 5.74) is 0.677. The molecule has 0 radical (unpaired) electrons. The zero-order valence-electron chi connectivity index (χ0n) is 12.0. The molecule has 0 spiro atoms. The SMILES string of the molecule is O=C(O)c1ccc(N(c2cnc(O)c3cccnc23)[SH](=O)=O)cc1. The molecule has 122 valence electrons. The van der Waals surface area contributed by atoms with Gasteiger partial charge in [-0.2, -0.15) is 0 Å². The van der Waals surface area contributed by atoms with Crippen molar-refractivity contribution in [3.63, 3.8) is 0 Å². The fraction of sp³-hybridized carbons (Fsp3) is 0. The summed E-state index contributed by atoms with van der Waals surface area (Å²) in [6.45, 7) is 0. The van der Waals surface area contributed by atoms with Crippen molar-refractivity contribution >= 4 is 39.1 Å². The lowest BCUT2D eigenvalue weighted by Gasteiger charge is -2.19. The predicted molar refractivity (Wildman–Crippen MR) is 87.1 cm³/mol. The summed E-state index contributed by atoms with van der Waals surface area (Å²) >= 11 is 0. The lowest BCUT2D eigenvalue weighted by Crippen LogP contribution is -2.15. The molecular weight excluding hydrogens is 334 g/mol. The Bertz CT molecular complexity index is 994. The van der Waals surface area contributed by atoms with E-state index in [-0.39, 0.29) is 28.3 Å². The van der Waals surface area contributed by atoms with Crippen molar-refractivity contribution in [1.82, 2.24) is 9.97 Å². The molecule has 3 aromatic rings. The Morgan fingerprint density at radius 2 is 1.79 bits per heavy atom. The van der Waals surface area contributed by atoms with Gasteiger partial charge in [0.05, 0.1) is 22.8 Å². The van der Waals surface area contributed by atoms with Crippen LogP contribution in [0.25, 0.3) is 10.9 Å². The van der Waals surface area contributed by atoms with Gasteiger partial charge in [-0.15, -0.1) is 0 Å². The molecule has 0 aliphatic rings. The first kappa shape index (κ1) is 15.7. The highest BCUT2D eigenvalue weighted by molar-refractivity contribution is 7.74. The van der Waals surface area contributed by atoms with Crippen molar-refractivity contribution in [2.45, 2.75) is 0 Å². The maximum absolute atomic E-state index is 11.8. The van der Waals surface area contributed by atoms with Crippen LogP contribution in [0.3, 0.4) is 0 Å². The number of rotatable bonds is 4. The normalized spacial score (nSPS) is 10.9. The Labute approximate surface area is 137 Å². The smallest absolute Gasteiger partial charge is 0.335 e. The highest BCUT2D eigenvalue weighted by Crippen LogP contribution is 2.33. The zero-order valence-corrected chi connectivity index (χ0v) is 12.9. The third kappa shape index (κ3) is 2.72. The summed E-state index contributed by atoms with van der Waals surface area (Å²) in [7, 11) is -3.10. The van der Waals surface area contributed by atoms with Crippen LogP contribution in [0.2, 0.25) is 0 Å². The molecule has 8 nitrogen and oxygen atoms in total. The minimum Gasteiger partial charge on any atom is -0.493 e. The van der Waals surface area contributed by atoms with Crippen molar-refractivity contribution in [3.8, 4) is 5.88 Å². The number of nitrogens with zero attached hydrogens (tertiary/aromatic N) is 3. The van der Waals surface area contributed by atoms with Crippen molar-refractivity contribution in [2.75, 3.05) is 4.31 Å². The van der Waals surface area contributed by atoms with E-state index in [1.54, 1.807) is 12.1 Å². The van der Waals surface area contributed by atoms with Crippen molar-refractivity contribution in [2.24, 2.45) is 0 Å². The van der Waals surface area contributed by atoms with E-state index < -0.39 is 16.9 Å². The van der Waals surface area contributed by atoms with Gasteiger partial charge in [0.15, 0.2) is 0 Å².